The molecule has 11 rings (SSSR count). The van der Waals surface area contributed by atoms with Crippen molar-refractivity contribution in [2.24, 2.45) is 0 Å². The number of nitrogens with zero attached hydrogens (tertiary/aromatic N) is 6. The van der Waals surface area contributed by atoms with Gasteiger partial charge in [0.25, 0.3) is 0 Å². The van der Waals surface area contributed by atoms with Gasteiger partial charge < -0.3 is 4.57 Å². The van der Waals surface area contributed by atoms with E-state index in [1.165, 1.54) is 20.2 Å². The van der Waals surface area contributed by atoms with E-state index in [0.717, 1.165) is 66.4 Å². The summed E-state index contributed by atoms with van der Waals surface area (Å²) in [4.78, 5) is 19.2. The standard InChI is InChI=1S/C53H30N6S/c1-55-39-28-33(32-54)27-38(29-39)36-23-25-46-43(30-36)41-17-8-10-20-45(41)59(46)47-26-24-37(40-19-12-22-49-50(40)42-18-9-11-21-48(42)60-49)31-44(47)53-57-51(34-13-4-2-5-14-34)56-52(58-53)35-15-6-3-7-16-35/h2-31H. The van der Waals surface area contributed by atoms with Crippen LogP contribution >= 0.6 is 11.3 Å². The predicted octanol–water partition coefficient (Wildman–Crippen LogP) is 14.1. The maximum Gasteiger partial charge on any atom is 0.189 e. The summed E-state index contributed by atoms with van der Waals surface area (Å²) in [5.74, 6) is 1.74. The Labute approximate surface area is 349 Å². The normalized spacial score (nSPS) is 11.3. The summed E-state index contributed by atoms with van der Waals surface area (Å²) < 4.78 is 4.79. The number of para-hydroxylation sites is 1. The fourth-order valence-corrected chi connectivity index (χ4v) is 9.47. The Morgan fingerprint density at radius 1 is 0.483 bits per heavy atom. The van der Waals surface area contributed by atoms with E-state index >= 15 is 0 Å². The molecule has 6 nitrogen and oxygen atoms in total. The molecule has 3 aromatic heterocycles. The minimum Gasteiger partial charge on any atom is -0.309 e. The molecule has 0 aliphatic carbocycles. The zero-order valence-corrected chi connectivity index (χ0v) is 32.7. The average Bonchev–Trinajstić information content (AvgIpc) is 3.87. The Balaban J connectivity index is 1.21. The highest BCUT2D eigenvalue weighted by atomic mass is 32.1. The van der Waals surface area contributed by atoms with Gasteiger partial charge in [0.2, 0.25) is 0 Å². The molecule has 0 spiro atoms. The minimum absolute atomic E-state index is 0.435. The lowest BCUT2D eigenvalue weighted by atomic mass is 9.96. The highest BCUT2D eigenvalue weighted by Gasteiger charge is 2.22. The van der Waals surface area contributed by atoms with Crippen LogP contribution < -0.4 is 0 Å². The summed E-state index contributed by atoms with van der Waals surface area (Å²) in [7, 11) is 0. The number of rotatable bonds is 6. The third-order valence-corrected chi connectivity index (χ3v) is 12.2. The summed E-state index contributed by atoms with van der Waals surface area (Å²) in [6, 6.07) is 64.3. The Kier molecular flexibility index (Phi) is 8.34. The molecule has 278 valence electrons. The molecule has 0 unspecified atom stereocenters. The third-order valence-electron chi connectivity index (χ3n) is 11.1. The van der Waals surface area contributed by atoms with E-state index in [1.807, 2.05) is 84.1 Å². The third kappa shape index (κ3) is 5.89. The molecular weight excluding hydrogens is 753 g/mol. The first-order valence-electron chi connectivity index (χ1n) is 19.5. The first-order chi connectivity index (χ1) is 29.6. The van der Waals surface area contributed by atoms with Gasteiger partial charge in [-0.25, -0.2) is 19.8 Å². The van der Waals surface area contributed by atoms with Gasteiger partial charge in [0.05, 0.1) is 29.4 Å². The van der Waals surface area contributed by atoms with Crippen LogP contribution in [0.15, 0.2) is 182 Å². The van der Waals surface area contributed by atoms with Crippen LogP contribution in [0.1, 0.15) is 5.56 Å². The molecule has 60 heavy (non-hydrogen) atoms. The molecular formula is C53H30N6S. The number of hydrogen-bond acceptors (Lipinski definition) is 5. The van der Waals surface area contributed by atoms with E-state index in [1.54, 1.807) is 6.07 Å². The number of thiophene rings is 1. The van der Waals surface area contributed by atoms with Gasteiger partial charge in [-0.1, -0.05) is 121 Å². The number of benzene rings is 8. The van der Waals surface area contributed by atoms with Crippen molar-refractivity contribution in [3.63, 3.8) is 0 Å². The molecule has 8 aromatic carbocycles. The molecule has 0 fully saturated rings. The Morgan fingerprint density at radius 3 is 1.88 bits per heavy atom. The highest BCUT2D eigenvalue weighted by molar-refractivity contribution is 7.25. The van der Waals surface area contributed by atoms with Crippen LogP contribution in [0.3, 0.4) is 0 Å². The second-order valence-corrected chi connectivity index (χ2v) is 15.7. The van der Waals surface area contributed by atoms with E-state index in [2.05, 4.69) is 119 Å². The topological polar surface area (TPSA) is 71.8 Å². The van der Waals surface area contributed by atoms with E-state index in [9.17, 15) is 5.26 Å². The number of aromatic nitrogens is 4. The monoisotopic (exact) mass is 782 g/mol. The van der Waals surface area contributed by atoms with E-state index in [-0.39, 0.29) is 0 Å². The molecule has 0 N–H and O–H groups in total. The van der Waals surface area contributed by atoms with Gasteiger partial charge in [0.1, 0.15) is 0 Å². The van der Waals surface area contributed by atoms with Gasteiger partial charge in [-0.3, -0.25) is 0 Å². The zero-order chi connectivity index (χ0) is 40.2. The number of hydrogen-bond donors (Lipinski definition) is 0. The van der Waals surface area contributed by atoms with Crippen molar-refractivity contribution in [2.75, 3.05) is 0 Å². The lowest BCUT2D eigenvalue weighted by Gasteiger charge is -2.17. The number of fused-ring (bicyclic) bond motifs is 6. The Hall–Kier alpha value is -8.23. The van der Waals surface area contributed by atoms with Crippen LogP contribution in [0, 0.1) is 17.9 Å². The Morgan fingerprint density at radius 2 is 1.13 bits per heavy atom. The minimum atomic E-state index is 0.435. The van der Waals surface area contributed by atoms with Crippen LogP contribution in [-0.4, -0.2) is 19.5 Å². The predicted molar refractivity (Wildman–Crippen MR) is 245 cm³/mol. The van der Waals surface area contributed by atoms with Crippen LogP contribution in [0.2, 0.25) is 0 Å². The first kappa shape index (κ1) is 35.0. The van der Waals surface area contributed by atoms with Crippen molar-refractivity contribution in [3.8, 4) is 68.2 Å². The van der Waals surface area contributed by atoms with Crippen molar-refractivity contribution in [2.45, 2.75) is 0 Å². The molecule has 0 saturated carbocycles. The van der Waals surface area contributed by atoms with Gasteiger partial charge in [0, 0.05) is 53.2 Å². The van der Waals surface area contributed by atoms with E-state index in [0.29, 0.717) is 28.7 Å². The Bertz CT molecular complexity index is 3480. The van der Waals surface area contributed by atoms with Gasteiger partial charge in [-0.05, 0) is 82.9 Å². The second-order valence-electron chi connectivity index (χ2n) is 14.6. The fraction of sp³-hybridized carbons (Fsp3) is 0. The van der Waals surface area contributed by atoms with Crippen LogP contribution in [-0.2, 0) is 0 Å². The maximum absolute atomic E-state index is 9.77. The molecule has 0 amide bonds. The second kappa shape index (κ2) is 14.3. The molecule has 0 bridgehead atoms. The summed E-state index contributed by atoms with van der Waals surface area (Å²) in [5.41, 5.74) is 10.5. The molecule has 0 aliphatic heterocycles. The quantitative estimate of drug-likeness (QED) is 0.158. The highest BCUT2D eigenvalue weighted by Crippen LogP contribution is 2.43. The SMILES string of the molecule is [C-]#[N+]c1cc(C#N)cc(-c2ccc3c(c2)c2ccccc2n3-c2ccc(-c3cccc4sc5ccccc5c34)cc2-c2nc(-c3ccccc3)nc(-c3ccccc3)n2)c1. The summed E-state index contributed by atoms with van der Waals surface area (Å²) in [6.45, 7) is 7.66. The molecule has 0 saturated heterocycles. The van der Waals surface area contributed by atoms with Crippen molar-refractivity contribution < 1.29 is 0 Å². The lowest BCUT2D eigenvalue weighted by molar-refractivity contribution is 1.06. The molecule has 0 atom stereocenters. The zero-order valence-electron chi connectivity index (χ0n) is 31.9. The average molecular weight is 783 g/mol. The smallest absolute Gasteiger partial charge is 0.189 e. The van der Waals surface area contributed by atoms with Crippen molar-refractivity contribution in [3.05, 3.63) is 199 Å². The van der Waals surface area contributed by atoms with E-state index < -0.39 is 0 Å². The van der Waals surface area contributed by atoms with Gasteiger partial charge in [-0.15, -0.1) is 11.3 Å². The van der Waals surface area contributed by atoms with Crippen molar-refractivity contribution in [1.29, 1.82) is 5.26 Å². The lowest BCUT2D eigenvalue weighted by Crippen LogP contribution is -2.04. The number of nitriles is 1. The summed E-state index contributed by atoms with van der Waals surface area (Å²) in [6.07, 6.45) is 0. The van der Waals surface area contributed by atoms with Crippen LogP contribution in [0.25, 0.3) is 109 Å². The maximum atomic E-state index is 9.77. The fourth-order valence-electron chi connectivity index (χ4n) is 8.34. The summed E-state index contributed by atoms with van der Waals surface area (Å²) >= 11 is 1.81. The van der Waals surface area contributed by atoms with Crippen molar-refractivity contribution >= 4 is 59.0 Å². The van der Waals surface area contributed by atoms with Gasteiger partial charge >= 0.3 is 0 Å². The molecule has 11 aromatic rings. The van der Waals surface area contributed by atoms with Gasteiger partial charge in [-0.2, -0.15) is 5.26 Å². The summed E-state index contributed by atoms with van der Waals surface area (Å²) in [5, 5.41) is 14.4. The molecule has 0 radical (unpaired) electrons. The molecule has 7 heteroatoms. The molecule has 0 aliphatic rings. The van der Waals surface area contributed by atoms with Gasteiger partial charge in [0.15, 0.2) is 23.2 Å². The van der Waals surface area contributed by atoms with E-state index in [4.69, 9.17) is 21.5 Å². The van der Waals surface area contributed by atoms with Crippen LogP contribution in [0.4, 0.5) is 5.69 Å². The van der Waals surface area contributed by atoms with Crippen LogP contribution in [0.5, 0.6) is 0 Å². The largest absolute Gasteiger partial charge is 0.309 e. The molecule has 3 heterocycles. The first-order valence-corrected chi connectivity index (χ1v) is 20.3. The van der Waals surface area contributed by atoms with Crippen molar-refractivity contribution in [1.82, 2.24) is 19.5 Å².